The van der Waals surface area contributed by atoms with Crippen LogP contribution < -0.4 is 10.7 Å². The van der Waals surface area contributed by atoms with Crippen molar-refractivity contribution < 1.29 is 14.3 Å². The molecule has 0 aromatic heterocycles. The molecule has 6 heteroatoms. The van der Waals surface area contributed by atoms with Gasteiger partial charge in [0.25, 0.3) is 5.91 Å². The van der Waals surface area contributed by atoms with Gasteiger partial charge in [-0.1, -0.05) is 6.07 Å². The molecule has 2 N–H and O–H groups in total. The lowest BCUT2D eigenvalue weighted by molar-refractivity contribution is 0.0529. The number of hydrogen-bond acceptors (Lipinski definition) is 4. The maximum absolute atomic E-state index is 11.8. The van der Waals surface area contributed by atoms with Crippen molar-refractivity contribution in [2.45, 2.75) is 45.8 Å². The van der Waals surface area contributed by atoms with E-state index in [1.54, 1.807) is 32.9 Å². The van der Waals surface area contributed by atoms with Crippen molar-refractivity contribution in [2.75, 3.05) is 0 Å². The second-order valence-corrected chi connectivity index (χ2v) is 6.76. The maximum atomic E-state index is 11.8. The van der Waals surface area contributed by atoms with Gasteiger partial charge in [0.15, 0.2) is 0 Å². The number of nitrogens with zero attached hydrogens (tertiary/aromatic N) is 1. The van der Waals surface area contributed by atoms with Crippen molar-refractivity contribution in [3.05, 3.63) is 34.9 Å². The highest BCUT2D eigenvalue weighted by Gasteiger charge is 2.34. The number of hydrazone groups is 1. The van der Waals surface area contributed by atoms with Crippen LogP contribution in [0, 0.1) is 0 Å². The molecule has 0 radical (unpaired) electrons. The Morgan fingerprint density at radius 2 is 2.05 bits per heavy atom. The number of nitrogens with one attached hydrogen (secondary N) is 2. The summed E-state index contributed by atoms with van der Waals surface area (Å²) in [5.41, 5.74) is 3.71. The molecule has 1 aliphatic rings. The van der Waals surface area contributed by atoms with Crippen molar-refractivity contribution in [2.24, 2.45) is 5.10 Å². The Kier molecular flexibility index (Phi) is 3.96. The third-order valence-corrected chi connectivity index (χ3v) is 3.16. The fraction of sp³-hybridized carbons (Fsp3) is 0.438. The van der Waals surface area contributed by atoms with Crippen molar-refractivity contribution in [3.63, 3.8) is 0 Å². The van der Waals surface area contributed by atoms with Gasteiger partial charge >= 0.3 is 6.09 Å². The minimum atomic E-state index is -0.609. The van der Waals surface area contributed by atoms with Crippen molar-refractivity contribution in [3.8, 4) is 0 Å². The number of carbonyl (C=O) groups excluding carboxylic acids is 2. The SMILES string of the molecule is CC(C)(C)OC(=O)N/N=C/c1ccc2c(c1)C(C)(C)NC2=O. The van der Waals surface area contributed by atoms with E-state index in [0.717, 1.165) is 11.1 Å². The summed E-state index contributed by atoms with van der Waals surface area (Å²) < 4.78 is 5.08. The van der Waals surface area contributed by atoms with Gasteiger partial charge in [-0.15, -0.1) is 0 Å². The summed E-state index contributed by atoms with van der Waals surface area (Å²) >= 11 is 0. The Balaban J connectivity index is 2.08. The fourth-order valence-electron chi connectivity index (χ4n) is 2.24. The van der Waals surface area contributed by atoms with Crippen LogP contribution in [-0.2, 0) is 10.3 Å². The third kappa shape index (κ3) is 3.63. The number of carbonyl (C=O) groups is 2. The van der Waals surface area contributed by atoms with E-state index in [1.165, 1.54) is 6.21 Å². The van der Waals surface area contributed by atoms with Crippen LogP contribution in [0.3, 0.4) is 0 Å². The standard InChI is InChI=1S/C16H21N3O3/c1-15(2,3)22-14(21)19-17-9-10-6-7-11-12(8-10)16(4,5)18-13(11)20/h6-9H,1-5H3,(H,18,20)(H,19,21)/b17-9+. The minimum absolute atomic E-state index is 0.0737. The van der Waals surface area contributed by atoms with E-state index in [2.05, 4.69) is 15.8 Å². The third-order valence-electron chi connectivity index (χ3n) is 3.16. The average Bonchev–Trinajstić information content (AvgIpc) is 2.57. The van der Waals surface area contributed by atoms with Crippen LogP contribution in [0.2, 0.25) is 0 Å². The topological polar surface area (TPSA) is 79.8 Å². The molecule has 0 bridgehead atoms. The van der Waals surface area contributed by atoms with E-state index < -0.39 is 17.2 Å². The maximum Gasteiger partial charge on any atom is 0.428 e. The van der Waals surface area contributed by atoms with E-state index >= 15 is 0 Å². The second-order valence-electron chi connectivity index (χ2n) is 6.76. The van der Waals surface area contributed by atoms with Crippen LogP contribution in [0.4, 0.5) is 4.79 Å². The Labute approximate surface area is 129 Å². The highest BCUT2D eigenvalue weighted by molar-refractivity contribution is 6.00. The number of fused-ring (bicyclic) bond motifs is 1. The van der Waals surface area contributed by atoms with E-state index in [-0.39, 0.29) is 5.91 Å². The molecular formula is C16H21N3O3. The molecule has 0 fully saturated rings. The molecule has 0 atom stereocenters. The van der Waals surface area contributed by atoms with E-state index in [4.69, 9.17) is 4.74 Å². The lowest BCUT2D eigenvalue weighted by Crippen LogP contribution is -2.32. The van der Waals surface area contributed by atoms with Crippen molar-refractivity contribution in [1.29, 1.82) is 0 Å². The number of ether oxygens (including phenoxy) is 1. The summed E-state index contributed by atoms with van der Waals surface area (Å²) in [6.45, 7) is 9.22. The van der Waals surface area contributed by atoms with Gasteiger partial charge < -0.3 is 10.1 Å². The molecule has 1 heterocycles. The van der Waals surface area contributed by atoms with E-state index in [0.29, 0.717) is 5.56 Å². The summed E-state index contributed by atoms with van der Waals surface area (Å²) in [5, 5.41) is 6.78. The van der Waals surface area contributed by atoms with Gasteiger partial charge in [0.05, 0.1) is 11.8 Å². The predicted molar refractivity (Wildman–Crippen MR) is 83.9 cm³/mol. The lowest BCUT2D eigenvalue weighted by atomic mass is 9.93. The van der Waals surface area contributed by atoms with Gasteiger partial charge in [-0.25, -0.2) is 10.2 Å². The monoisotopic (exact) mass is 303 g/mol. The van der Waals surface area contributed by atoms with Crippen LogP contribution >= 0.6 is 0 Å². The molecule has 2 amide bonds. The van der Waals surface area contributed by atoms with Gasteiger partial charge in [-0.2, -0.15) is 5.10 Å². The zero-order valence-corrected chi connectivity index (χ0v) is 13.5. The van der Waals surface area contributed by atoms with Gasteiger partial charge in [-0.05, 0) is 57.9 Å². The summed E-state index contributed by atoms with van der Waals surface area (Å²) in [6, 6.07) is 5.42. The largest absolute Gasteiger partial charge is 0.443 e. The smallest absolute Gasteiger partial charge is 0.428 e. The lowest BCUT2D eigenvalue weighted by Gasteiger charge is -2.19. The number of rotatable bonds is 2. The first-order valence-electron chi connectivity index (χ1n) is 7.08. The molecular weight excluding hydrogens is 282 g/mol. The molecule has 22 heavy (non-hydrogen) atoms. The summed E-state index contributed by atoms with van der Waals surface area (Å²) in [5.74, 6) is -0.0737. The highest BCUT2D eigenvalue weighted by Crippen LogP contribution is 2.30. The number of amides is 2. The molecule has 1 aromatic carbocycles. The number of hydrogen-bond donors (Lipinski definition) is 2. The first-order chi connectivity index (χ1) is 10.1. The zero-order valence-electron chi connectivity index (χ0n) is 13.5. The summed E-state index contributed by atoms with van der Waals surface area (Å²) in [7, 11) is 0. The first-order valence-corrected chi connectivity index (χ1v) is 7.08. The van der Waals surface area contributed by atoms with Gasteiger partial charge in [0.1, 0.15) is 5.60 Å². The van der Waals surface area contributed by atoms with Crippen LogP contribution in [0.15, 0.2) is 23.3 Å². The number of benzene rings is 1. The van der Waals surface area contributed by atoms with Crippen LogP contribution in [-0.4, -0.2) is 23.8 Å². The Hall–Kier alpha value is -2.37. The second kappa shape index (κ2) is 5.44. The van der Waals surface area contributed by atoms with Crippen molar-refractivity contribution >= 4 is 18.2 Å². The molecule has 0 saturated carbocycles. The molecule has 1 aliphatic heterocycles. The first kappa shape index (κ1) is 16.0. The molecule has 1 aromatic rings. The Bertz CT molecular complexity index is 643. The summed E-state index contributed by atoms with van der Waals surface area (Å²) in [4.78, 5) is 23.3. The van der Waals surface area contributed by atoms with E-state index in [9.17, 15) is 9.59 Å². The molecule has 0 spiro atoms. The van der Waals surface area contributed by atoms with Crippen molar-refractivity contribution in [1.82, 2.24) is 10.7 Å². The van der Waals surface area contributed by atoms with Gasteiger partial charge in [0, 0.05) is 5.56 Å². The minimum Gasteiger partial charge on any atom is -0.443 e. The van der Waals surface area contributed by atoms with Crippen LogP contribution in [0.5, 0.6) is 0 Å². The quantitative estimate of drug-likeness (QED) is 0.651. The normalized spacial score (nSPS) is 16.3. The molecule has 6 nitrogen and oxygen atoms in total. The molecule has 0 aliphatic carbocycles. The molecule has 2 rings (SSSR count). The van der Waals surface area contributed by atoms with E-state index in [1.807, 2.05) is 19.9 Å². The Morgan fingerprint density at radius 3 is 2.68 bits per heavy atom. The molecule has 0 unspecified atom stereocenters. The highest BCUT2D eigenvalue weighted by atomic mass is 16.6. The summed E-state index contributed by atoms with van der Waals surface area (Å²) in [6.07, 6.45) is 0.908. The molecule has 0 saturated heterocycles. The Morgan fingerprint density at radius 1 is 1.36 bits per heavy atom. The van der Waals surface area contributed by atoms with Gasteiger partial charge in [0.2, 0.25) is 0 Å². The van der Waals surface area contributed by atoms with Gasteiger partial charge in [-0.3, -0.25) is 4.79 Å². The average molecular weight is 303 g/mol. The fourth-order valence-corrected chi connectivity index (χ4v) is 2.24. The molecule has 118 valence electrons. The predicted octanol–water partition coefficient (Wildman–Crippen LogP) is 2.52. The van der Waals surface area contributed by atoms with Crippen LogP contribution in [0.25, 0.3) is 0 Å². The van der Waals surface area contributed by atoms with Crippen LogP contribution in [0.1, 0.15) is 56.1 Å². The zero-order chi connectivity index (χ0) is 16.5.